The Balaban J connectivity index is 1.85. The number of rotatable bonds is 9. The summed E-state index contributed by atoms with van der Waals surface area (Å²) < 4.78 is 5.40. The van der Waals surface area contributed by atoms with E-state index in [2.05, 4.69) is 44.4 Å². The van der Waals surface area contributed by atoms with Gasteiger partial charge in [-0.2, -0.15) is 0 Å². The molecule has 0 bridgehead atoms. The maximum atomic E-state index is 13.2. The van der Waals surface area contributed by atoms with Gasteiger partial charge in [0.25, 0.3) is 0 Å². The van der Waals surface area contributed by atoms with E-state index in [0.717, 1.165) is 49.1 Å². The van der Waals surface area contributed by atoms with E-state index in [1.54, 1.807) is 25.3 Å². The van der Waals surface area contributed by atoms with E-state index in [1.807, 2.05) is 24.3 Å². The van der Waals surface area contributed by atoms with Crippen LogP contribution in [0.4, 0.5) is 5.69 Å². The molecule has 176 valence electrons. The van der Waals surface area contributed by atoms with Crippen molar-refractivity contribution in [3.05, 3.63) is 65.2 Å². The van der Waals surface area contributed by atoms with Crippen LogP contribution in [0.3, 0.4) is 0 Å². The standard InChI is InChI=1S/C28H36N2O3/c1-6-9-19(10-7-2)27(32)29-22-12-8-11-20(15-22)26(31)17-25-24-16-23(33-5)14-13-21(24)18-28(3,4)30-25/h8,11-17,19,30H,6-7,9-10,18H2,1-5H3,(H,29,32). The monoisotopic (exact) mass is 448 g/mol. The topological polar surface area (TPSA) is 67.4 Å². The van der Waals surface area contributed by atoms with Crippen molar-refractivity contribution in [1.29, 1.82) is 0 Å². The van der Waals surface area contributed by atoms with Gasteiger partial charge in [-0.15, -0.1) is 0 Å². The van der Waals surface area contributed by atoms with Crippen LogP contribution in [0.25, 0.3) is 5.70 Å². The number of anilines is 1. The Morgan fingerprint density at radius 1 is 1.12 bits per heavy atom. The Labute approximate surface area is 197 Å². The average Bonchev–Trinajstić information content (AvgIpc) is 2.78. The first-order valence-corrected chi connectivity index (χ1v) is 11.9. The highest BCUT2D eigenvalue weighted by atomic mass is 16.5. The minimum absolute atomic E-state index is 0.00151. The fraction of sp³-hybridized carbons (Fsp3) is 0.429. The van der Waals surface area contributed by atoms with E-state index in [-0.39, 0.29) is 23.1 Å². The van der Waals surface area contributed by atoms with Gasteiger partial charge in [-0.3, -0.25) is 9.59 Å². The predicted octanol–water partition coefficient (Wildman–Crippen LogP) is 6.00. The highest BCUT2D eigenvalue weighted by molar-refractivity contribution is 6.09. The van der Waals surface area contributed by atoms with E-state index in [0.29, 0.717) is 11.3 Å². The largest absolute Gasteiger partial charge is 0.497 e. The number of hydrogen-bond donors (Lipinski definition) is 2. The number of carbonyl (C=O) groups excluding carboxylic acids is 2. The number of ether oxygens (including phenoxy) is 1. The highest BCUT2D eigenvalue weighted by Gasteiger charge is 2.28. The fourth-order valence-electron chi connectivity index (χ4n) is 4.47. The Morgan fingerprint density at radius 3 is 2.52 bits per heavy atom. The van der Waals surface area contributed by atoms with Crippen LogP contribution in [0.2, 0.25) is 0 Å². The summed E-state index contributed by atoms with van der Waals surface area (Å²) in [4.78, 5) is 25.9. The van der Waals surface area contributed by atoms with E-state index in [4.69, 9.17) is 4.74 Å². The van der Waals surface area contributed by atoms with E-state index >= 15 is 0 Å². The molecule has 0 unspecified atom stereocenters. The van der Waals surface area contributed by atoms with Gasteiger partial charge in [0, 0.05) is 40.0 Å². The van der Waals surface area contributed by atoms with Gasteiger partial charge >= 0.3 is 0 Å². The smallest absolute Gasteiger partial charge is 0.227 e. The normalized spacial score (nSPS) is 15.6. The summed E-state index contributed by atoms with van der Waals surface area (Å²) in [5.74, 6) is 0.672. The third-order valence-corrected chi connectivity index (χ3v) is 6.05. The number of carbonyl (C=O) groups is 2. The molecule has 2 N–H and O–H groups in total. The molecule has 0 saturated carbocycles. The Kier molecular flexibility index (Phi) is 7.96. The van der Waals surface area contributed by atoms with Gasteiger partial charge in [-0.25, -0.2) is 0 Å². The lowest BCUT2D eigenvalue weighted by Gasteiger charge is -2.35. The number of benzene rings is 2. The number of allylic oxidation sites excluding steroid dienone is 1. The summed E-state index contributed by atoms with van der Waals surface area (Å²) in [6.07, 6.45) is 6.19. The first-order valence-electron chi connectivity index (χ1n) is 11.9. The van der Waals surface area contributed by atoms with Gasteiger partial charge in [0.15, 0.2) is 5.78 Å². The van der Waals surface area contributed by atoms with Gasteiger partial charge in [0.1, 0.15) is 5.75 Å². The molecule has 2 aromatic rings. The van der Waals surface area contributed by atoms with Crippen molar-refractivity contribution in [3.63, 3.8) is 0 Å². The zero-order chi connectivity index (χ0) is 24.0. The first kappa shape index (κ1) is 24.6. The molecular weight excluding hydrogens is 412 g/mol. The molecule has 2 aromatic carbocycles. The molecule has 5 heteroatoms. The van der Waals surface area contributed by atoms with Gasteiger partial charge in [0.2, 0.25) is 5.91 Å². The van der Waals surface area contributed by atoms with Crippen LogP contribution in [-0.4, -0.2) is 24.3 Å². The third kappa shape index (κ3) is 6.25. The molecule has 0 spiro atoms. The maximum absolute atomic E-state index is 13.2. The number of hydrogen-bond acceptors (Lipinski definition) is 4. The van der Waals surface area contributed by atoms with Crippen LogP contribution >= 0.6 is 0 Å². The number of ketones is 1. The van der Waals surface area contributed by atoms with Crippen LogP contribution in [0.5, 0.6) is 5.75 Å². The summed E-state index contributed by atoms with van der Waals surface area (Å²) in [7, 11) is 1.64. The van der Waals surface area contributed by atoms with Gasteiger partial charge in [-0.1, -0.05) is 44.9 Å². The molecule has 1 amide bonds. The number of methoxy groups -OCH3 is 1. The SMILES string of the molecule is CCCC(CCC)C(=O)Nc1cccc(C(=O)C=C2NC(C)(C)Cc3ccc(OC)cc32)c1. The molecule has 3 rings (SSSR count). The van der Waals surface area contributed by atoms with Crippen LogP contribution in [0, 0.1) is 5.92 Å². The second kappa shape index (κ2) is 10.7. The third-order valence-electron chi connectivity index (χ3n) is 6.05. The molecule has 1 aliphatic rings. The van der Waals surface area contributed by atoms with Crippen LogP contribution in [0.1, 0.15) is 74.9 Å². The highest BCUT2D eigenvalue weighted by Crippen LogP contribution is 2.32. The lowest BCUT2D eigenvalue weighted by Crippen LogP contribution is -2.43. The fourth-order valence-corrected chi connectivity index (χ4v) is 4.47. The average molecular weight is 449 g/mol. The van der Waals surface area contributed by atoms with Crippen molar-refractivity contribution < 1.29 is 14.3 Å². The molecule has 0 radical (unpaired) electrons. The first-order chi connectivity index (χ1) is 15.8. The number of nitrogens with one attached hydrogen (secondary N) is 2. The molecule has 0 atom stereocenters. The van der Waals surface area contributed by atoms with Crippen molar-refractivity contribution in [1.82, 2.24) is 5.32 Å². The van der Waals surface area contributed by atoms with Crippen LogP contribution in [0.15, 0.2) is 48.5 Å². The van der Waals surface area contributed by atoms with Crippen molar-refractivity contribution in [2.24, 2.45) is 5.92 Å². The van der Waals surface area contributed by atoms with E-state index < -0.39 is 0 Å². The minimum atomic E-state index is -0.170. The molecule has 1 heterocycles. The molecule has 0 aromatic heterocycles. The van der Waals surface area contributed by atoms with Crippen molar-refractivity contribution >= 4 is 23.1 Å². The summed E-state index contributed by atoms with van der Waals surface area (Å²) in [6.45, 7) is 8.43. The van der Waals surface area contributed by atoms with Crippen LogP contribution in [-0.2, 0) is 11.2 Å². The lowest BCUT2D eigenvalue weighted by molar-refractivity contribution is -0.120. The molecular formula is C28H36N2O3. The Hall–Kier alpha value is -3.08. The maximum Gasteiger partial charge on any atom is 0.227 e. The van der Waals surface area contributed by atoms with Crippen molar-refractivity contribution in [2.45, 2.75) is 65.3 Å². The van der Waals surface area contributed by atoms with Gasteiger partial charge in [-0.05, 0) is 62.9 Å². The second-order valence-corrected chi connectivity index (χ2v) is 9.48. The summed E-state index contributed by atoms with van der Waals surface area (Å²) in [5, 5.41) is 6.52. The van der Waals surface area contributed by atoms with Crippen molar-refractivity contribution in [2.75, 3.05) is 12.4 Å². The lowest BCUT2D eigenvalue weighted by atomic mass is 9.85. The molecule has 0 aliphatic carbocycles. The zero-order valence-corrected chi connectivity index (χ0v) is 20.5. The van der Waals surface area contributed by atoms with E-state index in [9.17, 15) is 9.59 Å². The Bertz CT molecular complexity index is 1030. The van der Waals surface area contributed by atoms with Crippen LogP contribution < -0.4 is 15.4 Å². The Morgan fingerprint density at radius 2 is 1.85 bits per heavy atom. The minimum Gasteiger partial charge on any atom is -0.497 e. The molecule has 0 saturated heterocycles. The quantitative estimate of drug-likeness (QED) is 0.365. The molecule has 33 heavy (non-hydrogen) atoms. The van der Waals surface area contributed by atoms with Gasteiger partial charge in [0.05, 0.1) is 7.11 Å². The summed E-state index contributed by atoms with van der Waals surface area (Å²) in [6, 6.07) is 13.2. The van der Waals surface area contributed by atoms with Crippen molar-refractivity contribution in [3.8, 4) is 5.75 Å². The summed E-state index contributed by atoms with van der Waals surface area (Å²) in [5.41, 5.74) is 3.96. The van der Waals surface area contributed by atoms with E-state index in [1.165, 1.54) is 5.56 Å². The molecule has 1 aliphatic heterocycles. The molecule has 0 fully saturated rings. The zero-order valence-electron chi connectivity index (χ0n) is 20.5. The summed E-state index contributed by atoms with van der Waals surface area (Å²) >= 11 is 0. The second-order valence-electron chi connectivity index (χ2n) is 9.48. The predicted molar refractivity (Wildman–Crippen MR) is 135 cm³/mol. The van der Waals surface area contributed by atoms with Gasteiger partial charge < -0.3 is 15.4 Å². The number of amides is 1. The number of fused-ring (bicyclic) bond motifs is 1. The molecule has 5 nitrogen and oxygen atoms in total.